The fraction of sp³-hybridized carbons (Fsp3) is 0.500. The summed E-state index contributed by atoms with van der Waals surface area (Å²) in [7, 11) is 1.48. The van der Waals surface area contributed by atoms with Crippen molar-refractivity contribution in [3.05, 3.63) is 33.9 Å². The zero-order valence-electron chi connectivity index (χ0n) is 13.4. The van der Waals surface area contributed by atoms with Gasteiger partial charge in [0.15, 0.2) is 0 Å². The molecule has 8 heteroatoms. The summed E-state index contributed by atoms with van der Waals surface area (Å²) in [6.07, 6.45) is -1.64. The monoisotopic (exact) mass is 341 g/mol. The molecule has 1 saturated heterocycles. The summed E-state index contributed by atoms with van der Waals surface area (Å²) in [6, 6.07) is 2.21. The van der Waals surface area contributed by atoms with E-state index in [-0.39, 0.29) is 48.3 Å². The van der Waals surface area contributed by atoms with E-state index >= 15 is 0 Å². The molecule has 1 atom stereocenters. The molecule has 1 fully saturated rings. The van der Waals surface area contributed by atoms with E-state index in [2.05, 4.69) is 4.98 Å². The standard InChI is InChI=1S/C16H18F3N3O2/c1-9(23)11-7-10(17)8-12-13(11)20-15(21(2)14(12)24)22-5-3-16(18,19)4-6-22/h7-9,23H,3-6H2,1-2H3. The Kier molecular flexibility index (Phi) is 4.03. The van der Waals surface area contributed by atoms with E-state index in [0.29, 0.717) is 0 Å². The molecule has 2 heterocycles. The van der Waals surface area contributed by atoms with Crippen LogP contribution in [0, 0.1) is 5.82 Å². The van der Waals surface area contributed by atoms with E-state index in [1.165, 1.54) is 18.5 Å². The lowest BCUT2D eigenvalue weighted by Gasteiger charge is -2.33. The van der Waals surface area contributed by atoms with Gasteiger partial charge in [-0.3, -0.25) is 9.36 Å². The summed E-state index contributed by atoms with van der Waals surface area (Å²) in [5, 5.41) is 9.90. The number of alkyl halides is 2. The third-order valence-corrected chi connectivity index (χ3v) is 4.38. The van der Waals surface area contributed by atoms with Gasteiger partial charge in [-0.25, -0.2) is 18.2 Å². The topological polar surface area (TPSA) is 58.4 Å². The smallest absolute Gasteiger partial charge is 0.262 e. The molecule has 0 saturated carbocycles. The van der Waals surface area contributed by atoms with Crippen LogP contribution in [0.25, 0.3) is 10.9 Å². The van der Waals surface area contributed by atoms with Crippen molar-refractivity contribution in [1.29, 1.82) is 0 Å². The van der Waals surface area contributed by atoms with Crippen LogP contribution in [0.2, 0.25) is 0 Å². The van der Waals surface area contributed by atoms with Gasteiger partial charge in [-0.15, -0.1) is 0 Å². The number of nitrogens with zero attached hydrogens (tertiary/aromatic N) is 3. The van der Waals surface area contributed by atoms with Crippen LogP contribution in [-0.2, 0) is 7.05 Å². The number of fused-ring (bicyclic) bond motifs is 1. The Hall–Kier alpha value is -2.09. The van der Waals surface area contributed by atoms with Crippen LogP contribution in [0.3, 0.4) is 0 Å². The average molecular weight is 341 g/mol. The first kappa shape index (κ1) is 16.8. The highest BCUT2D eigenvalue weighted by molar-refractivity contribution is 5.82. The highest BCUT2D eigenvalue weighted by atomic mass is 19.3. The van der Waals surface area contributed by atoms with Gasteiger partial charge in [-0.05, 0) is 19.1 Å². The van der Waals surface area contributed by atoms with E-state index in [4.69, 9.17) is 0 Å². The molecule has 24 heavy (non-hydrogen) atoms. The predicted octanol–water partition coefficient (Wildman–Crippen LogP) is 2.36. The Morgan fingerprint density at radius 2 is 1.92 bits per heavy atom. The van der Waals surface area contributed by atoms with Crippen molar-refractivity contribution in [3.63, 3.8) is 0 Å². The van der Waals surface area contributed by atoms with E-state index in [9.17, 15) is 23.1 Å². The molecule has 1 aliphatic rings. The van der Waals surface area contributed by atoms with E-state index in [1.54, 1.807) is 4.90 Å². The molecule has 1 aromatic carbocycles. The quantitative estimate of drug-likeness (QED) is 0.911. The third kappa shape index (κ3) is 2.86. The molecule has 1 aliphatic heterocycles. The van der Waals surface area contributed by atoms with Crippen LogP contribution in [-0.4, -0.2) is 33.7 Å². The zero-order chi connectivity index (χ0) is 17.6. The van der Waals surface area contributed by atoms with Crippen LogP contribution < -0.4 is 10.5 Å². The highest BCUT2D eigenvalue weighted by Crippen LogP contribution is 2.30. The summed E-state index contributed by atoms with van der Waals surface area (Å²) in [6.45, 7) is 1.60. The maximum absolute atomic E-state index is 13.7. The Morgan fingerprint density at radius 3 is 2.50 bits per heavy atom. The van der Waals surface area contributed by atoms with E-state index < -0.39 is 23.4 Å². The first-order valence-electron chi connectivity index (χ1n) is 7.70. The molecule has 0 spiro atoms. The van der Waals surface area contributed by atoms with E-state index in [0.717, 1.165) is 12.1 Å². The molecular weight excluding hydrogens is 323 g/mol. The predicted molar refractivity (Wildman–Crippen MR) is 84.0 cm³/mol. The van der Waals surface area contributed by atoms with Gasteiger partial charge in [0.05, 0.1) is 17.0 Å². The molecule has 0 radical (unpaired) electrons. The second-order valence-electron chi connectivity index (χ2n) is 6.19. The van der Waals surface area contributed by atoms with E-state index in [1.807, 2.05) is 0 Å². The number of anilines is 1. The number of hydrogen-bond donors (Lipinski definition) is 1. The minimum absolute atomic E-state index is 0.0551. The number of rotatable bonds is 2. The number of benzene rings is 1. The number of aliphatic hydroxyl groups is 1. The molecular formula is C16H18F3N3O2. The number of piperidine rings is 1. The Balaban J connectivity index is 2.17. The minimum Gasteiger partial charge on any atom is -0.389 e. The second kappa shape index (κ2) is 5.77. The fourth-order valence-corrected chi connectivity index (χ4v) is 2.99. The molecule has 1 aromatic heterocycles. The van der Waals surface area contributed by atoms with Crippen LogP contribution in [0.15, 0.2) is 16.9 Å². The number of hydrogen-bond acceptors (Lipinski definition) is 4. The minimum atomic E-state index is -2.71. The van der Waals surface area contributed by atoms with Crippen molar-refractivity contribution in [2.45, 2.75) is 31.8 Å². The van der Waals surface area contributed by atoms with Crippen molar-refractivity contribution >= 4 is 16.9 Å². The summed E-state index contributed by atoms with van der Waals surface area (Å²) < 4.78 is 41.7. The van der Waals surface area contributed by atoms with Gasteiger partial charge in [0.1, 0.15) is 5.82 Å². The maximum atomic E-state index is 13.7. The van der Waals surface area contributed by atoms with Crippen molar-refractivity contribution in [1.82, 2.24) is 9.55 Å². The largest absolute Gasteiger partial charge is 0.389 e. The lowest BCUT2D eigenvalue weighted by Crippen LogP contribution is -2.42. The van der Waals surface area contributed by atoms with Gasteiger partial charge in [0, 0.05) is 38.5 Å². The molecule has 1 N–H and O–H groups in total. The molecule has 2 aromatic rings. The molecule has 1 unspecified atom stereocenters. The summed E-state index contributed by atoms with van der Waals surface area (Å²) in [5.74, 6) is -3.10. The molecule has 130 valence electrons. The van der Waals surface area contributed by atoms with Crippen LogP contribution >= 0.6 is 0 Å². The van der Waals surface area contributed by atoms with Crippen molar-refractivity contribution in [3.8, 4) is 0 Å². The zero-order valence-corrected chi connectivity index (χ0v) is 13.4. The van der Waals surface area contributed by atoms with Crippen LogP contribution in [0.4, 0.5) is 19.1 Å². The van der Waals surface area contributed by atoms with Gasteiger partial charge in [0.25, 0.3) is 11.5 Å². The average Bonchev–Trinajstić information content (AvgIpc) is 2.51. The summed E-state index contributed by atoms with van der Waals surface area (Å²) in [4.78, 5) is 18.6. The van der Waals surface area contributed by atoms with Gasteiger partial charge >= 0.3 is 0 Å². The lowest BCUT2D eigenvalue weighted by atomic mass is 10.1. The normalized spacial score (nSPS) is 18.8. The van der Waals surface area contributed by atoms with Crippen molar-refractivity contribution < 1.29 is 18.3 Å². The molecule has 5 nitrogen and oxygen atoms in total. The molecule has 0 aliphatic carbocycles. The number of aromatic nitrogens is 2. The Labute approximate surface area is 136 Å². The summed E-state index contributed by atoms with van der Waals surface area (Å²) in [5.41, 5.74) is -0.0816. The first-order chi connectivity index (χ1) is 11.2. The molecule has 3 rings (SSSR count). The van der Waals surface area contributed by atoms with Gasteiger partial charge in [-0.2, -0.15) is 0 Å². The van der Waals surface area contributed by atoms with Crippen LogP contribution in [0.1, 0.15) is 31.4 Å². The molecule has 0 bridgehead atoms. The SMILES string of the molecule is CC(O)c1cc(F)cc2c(=O)n(C)c(N3CCC(F)(F)CC3)nc12. The van der Waals surface area contributed by atoms with Crippen LogP contribution in [0.5, 0.6) is 0 Å². The van der Waals surface area contributed by atoms with Crippen molar-refractivity contribution in [2.75, 3.05) is 18.0 Å². The fourth-order valence-electron chi connectivity index (χ4n) is 2.99. The molecule has 0 amide bonds. The maximum Gasteiger partial charge on any atom is 0.262 e. The highest BCUT2D eigenvalue weighted by Gasteiger charge is 2.35. The second-order valence-corrected chi connectivity index (χ2v) is 6.19. The van der Waals surface area contributed by atoms with Crippen molar-refractivity contribution in [2.24, 2.45) is 7.05 Å². The summed E-state index contributed by atoms with van der Waals surface area (Å²) >= 11 is 0. The lowest BCUT2D eigenvalue weighted by molar-refractivity contribution is -0.0223. The number of aliphatic hydroxyl groups excluding tert-OH is 1. The Bertz CT molecular complexity index is 839. The number of halogens is 3. The first-order valence-corrected chi connectivity index (χ1v) is 7.70. The van der Waals surface area contributed by atoms with Gasteiger partial charge in [-0.1, -0.05) is 0 Å². The third-order valence-electron chi connectivity index (χ3n) is 4.38. The van der Waals surface area contributed by atoms with Gasteiger partial charge < -0.3 is 10.0 Å². The van der Waals surface area contributed by atoms with Gasteiger partial charge in [0.2, 0.25) is 5.95 Å². The Morgan fingerprint density at radius 1 is 1.29 bits per heavy atom.